The van der Waals surface area contributed by atoms with E-state index >= 15 is 0 Å². The zero-order valence-corrected chi connectivity index (χ0v) is 23.1. The summed E-state index contributed by atoms with van der Waals surface area (Å²) in [5.74, 6) is 0. The van der Waals surface area contributed by atoms with Crippen LogP contribution in [0.15, 0.2) is 24.9 Å². The number of nitrogens with one attached hydrogen (secondary N) is 1. The summed E-state index contributed by atoms with van der Waals surface area (Å²) < 4.78 is 20.3. The van der Waals surface area contributed by atoms with Gasteiger partial charge in [0, 0.05) is 19.2 Å². The second-order valence-electron chi connectivity index (χ2n) is 11.9. The maximum Gasteiger partial charge on any atom is 0.192 e. The average molecular weight is 455 g/mol. The van der Waals surface area contributed by atoms with Gasteiger partial charge in [-0.15, -0.1) is 6.58 Å². The summed E-state index contributed by atoms with van der Waals surface area (Å²) in [6.45, 7) is 29.2. The zero-order chi connectivity index (χ0) is 23.0. The number of hydrogen-bond donors (Lipinski definition) is 1. The van der Waals surface area contributed by atoms with Gasteiger partial charge in [-0.25, -0.2) is 0 Å². The van der Waals surface area contributed by atoms with Gasteiger partial charge in [-0.3, -0.25) is 5.32 Å². The van der Waals surface area contributed by atoms with Crippen LogP contribution >= 0.6 is 0 Å². The molecule has 0 amide bonds. The van der Waals surface area contributed by atoms with E-state index in [0.717, 1.165) is 19.6 Å². The first-order valence-electron chi connectivity index (χ1n) is 11.3. The Morgan fingerprint density at radius 3 is 2.20 bits per heavy atom. The molecule has 0 bridgehead atoms. The van der Waals surface area contributed by atoms with Gasteiger partial charge in [-0.1, -0.05) is 53.7 Å². The number of rotatable bonds is 7. The minimum atomic E-state index is -1.99. The van der Waals surface area contributed by atoms with Crippen molar-refractivity contribution in [1.82, 2.24) is 10.2 Å². The number of hydrogen-bond acceptors (Lipinski definition) is 5. The van der Waals surface area contributed by atoms with Crippen molar-refractivity contribution in [3.8, 4) is 0 Å². The normalized spacial score (nSPS) is 28.8. The van der Waals surface area contributed by atoms with Crippen molar-refractivity contribution in [2.75, 3.05) is 19.8 Å². The quantitative estimate of drug-likeness (QED) is 0.409. The molecule has 2 aliphatic rings. The lowest BCUT2D eigenvalue weighted by Crippen LogP contribution is -2.54. The molecule has 1 fully saturated rings. The van der Waals surface area contributed by atoms with E-state index in [2.05, 4.69) is 96.8 Å². The predicted octanol–water partition coefficient (Wildman–Crippen LogP) is 5.45. The van der Waals surface area contributed by atoms with Crippen molar-refractivity contribution in [2.24, 2.45) is 0 Å². The first-order chi connectivity index (χ1) is 13.5. The maximum atomic E-state index is 6.95. The van der Waals surface area contributed by atoms with E-state index in [-0.39, 0.29) is 22.4 Å². The molecule has 174 valence electrons. The monoisotopic (exact) mass is 454 g/mol. The molecule has 0 aromatic heterocycles. The van der Waals surface area contributed by atoms with Gasteiger partial charge in [0.2, 0.25) is 0 Å². The van der Waals surface area contributed by atoms with E-state index in [1.54, 1.807) is 0 Å². The summed E-state index contributed by atoms with van der Waals surface area (Å²) >= 11 is 0. The molecule has 0 spiro atoms. The Morgan fingerprint density at radius 2 is 1.73 bits per heavy atom. The van der Waals surface area contributed by atoms with Gasteiger partial charge in [0.25, 0.3) is 0 Å². The second kappa shape index (κ2) is 8.83. The minimum Gasteiger partial charge on any atom is -0.413 e. The van der Waals surface area contributed by atoms with E-state index < -0.39 is 22.2 Å². The van der Waals surface area contributed by atoms with E-state index in [1.807, 2.05) is 6.08 Å². The fraction of sp³-hybridized carbons (Fsp3) is 0.826. The lowest BCUT2D eigenvalue weighted by molar-refractivity contribution is -0.107. The van der Waals surface area contributed by atoms with Crippen LogP contribution in [0.3, 0.4) is 0 Å². The van der Waals surface area contributed by atoms with Crippen LogP contribution in [0.5, 0.6) is 0 Å². The molecule has 0 aliphatic carbocycles. The highest BCUT2D eigenvalue weighted by atomic mass is 28.4. The number of ether oxygens (including phenoxy) is 1. The van der Waals surface area contributed by atoms with Crippen molar-refractivity contribution in [3.63, 3.8) is 0 Å². The molecule has 1 saturated heterocycles. The Kier molecular flexibility index (Phi) is 7.60. The van der Waals surface area contributed by atoms with Gasteiger partial charge in [0.15, 0.2) is 16.6 Å². The Morgan fingerprint density at radius 1 is 1.13 bits per heavy atom. The second-order valence-corrected chi connectivity index (χ2v) is 21.5. The third kappa shape index (κ3) is 5.48. The highest BCUT2D eigenvalue weighted by Gasteiger charge is 2.54. The van der Waals surface area contributed by atoms with E-state index in [1.165, 1.54) is 0 Å². The van der Waals surface area contributed by atoms with Crippen molar-refractivity contribution < 1.29 is 13.6 Å². The summed E-state index contributed by atoms with van der Waals surface area (Å²) in [6, 6.07) is 0. The van der Waals surface area contributed by atoms with Gasteiger partial charge >= 0.3 is 0 Å². The topological polar surface area (TPSA) is 43.0 Å². The smallest absolute Gasteiger partial charge is 0.192 e. The molecule has 3 atom stereocenters. The average Bonchev–Trinajstić information content (AvgIpc) is 2.97. The van der Waals surface area contributed by atoms with Gasteiger partial charge in [-0.05, 0) is 36.3 Å². The summed E-state index contributed by atoms with van der Waals surface area (Å²) in [5, 5.41) is 3.67. The molecule has 2 rings (SSSR count). The van der Waals surface area contributed by atoms with Gasteiger partial charge in [-0.2, -0.15) is 0 Å². The highest BCUT2D eigenvalue weighted by molar-refractivity contribution is 6.74. The van der Waals surface area contributed by atoms with E-state index in [4.69, 9.17) is 13.6 Å². The van der Waals surface area contributed by atoms with E-state index in [0.29, 0.717) is 6.61 Å². The van der Waals surface area contributed by atoms with Crippen molar-refractivity contribution in [3.05, 3.63) is 24.9 Å². The standard InChI is InChI=1S/C23H46N2O3Si2/c1-12-23(17-26-29(8,9)21(2,3)4)19(28-30(10,11)22(5,6)7)16-20(27-23)25-15-13-14-24-18-25/h12-13,15,19-20,24H,1,14,16-18H2,2-11H3/t19-,20+,23+/m0/s1. The fourth-order valence-electron chi connectivity index (χ4n) is 3.23. The molecule has 0 aromatic rings. The zero-order valence-electron chi connectivity index (χ0n) is 21.1. The molecule has 7 heteroatoms. The Bertz CT molecular complexity index is 637. The third-order valence-electron chi connectivity index (χ3n) is 7.59. The summed E-state index contributed by atoms with van der Waals surface area (Å²) in [7, 11) is -3.92. The molecule has 0 aromatic carbocycles. The largest absolute Gasteiger partial charge is 0.413 e. The molecule has 2 heterocycles. The predicted molar refractivity (Wildman–Crippen MR) is 131 cm³/mol. The first kappa shape index (κ1) is 25.8. The van der Waals surface area contributed by atoms with Crippen LogP contribution < -0.4 is 5.32 Å². The number of nitrogens with zero attached hydrogens (tertiary/aromatic N) is 1. The molecule has 0 radical (unpaired) electrons. The molecular weight excluding hydrogens is 408 g/mol. The van der Waals surface area contributed by atoms with Crippen LogP contribution in [0.25, 0.3) is 0 Å². The van der Waals surface area contributed by atoms with Gasteiger partial charge in [0.1, 0.15) is 11.8 Å². The van der Waals surface area contributed by atoms with Crippen LogP contribution in [0.2, 0.25) is 36.3 Å². The third-order valence-corrected chi connectivity index (χ3v) is 16.6. The molecular formula is C23H46N2O3Si2. The molecule has 1 N–H and O–H groups in total. The van der Waals surface area contributed by atoms with Crippen LogP contribution in [-0.2, 0) is 13.6 Å². The lowest BCUT2D eigenvalue weighted by atomic mass is 9.98. The first-order valence-corrected chi connectivity index (χ1v) is 17.1. The van der Waals surface area contributed by atoms with Gasteiger partial charge in [0.05, 0.1) is 19.4 Å². The van der Waals surface area contributed by atoms with Crippen LogP contribution in [0.4, 0.5) is 0 Å². The Balaban J connectivity index is 2.32. The molecule has 0 saturated carbocycles. The summed E-state index contributed by atoms with van der Waals surface area (Å²) in [5.41, 5.74) is -0.638. The Hall–Kier alpha value is -0.446. The fourth-order valence-corrected chi connectivity index (χ4v) is 5.61. The SMILES string of the molecule is C=C[C@]1(CO[Si](C)(C)C(C)(C)C)O[C@@H](N2C=CCNC2)C[C@@H]1O[Si](C)(C)C(C)(C)C. The van der Waals surface area contributed by atoms with Crippen LogP contribution in [-0.4, -0.2) is 59.3 Å². The summed E-state index contributed by atoms with van der Waals surface area (Å²) in [4.78, 5) is 2.23. The molecule has 30 heavy (non-hydrogen) atoms. The van der Waals surface area contributed by atoms with Crippen molar-refractivity contribution in [2.45, 2.75) is 102 Å². The van der Waals surface area contributed by atoms with Crippen LogP contribution in [0, 0.1) is 0 Å². The lowest BCUT2D eigenvalue weighted by Gasteiger charge is -2.44. The van der Waals surface area contributed by atoms with Gasteiger partial charge < -0.3 is 18.5 Å². The summed E-state index contributed by atoms with van der Waals surface area (Å²) in [6.07, 6.45) is 6.91. The van der Waals surface area contributed by atoms with Crippen molar-refractivity contribution >= 4 is 16.6 Å². The van der Waals surface area contributed by atoms with Crippen LogP contribution in [0.1, 0.15) is 48.0 Å². The maximum absolute atomic E-state index is 6.95. The molecule has 2 aliphatic heterocycles. The molecule has 5 nitrogen and oxygen atoms in total. The highest BCUT2D eigenvalue weighted by Crippen LogP contribution is 2.45. The van der Waals surface area contributed by atoms with Crippen molar-refractivity contribution in [1.29, 1.82) is 0 Å². The Labute approximate surface area is 187 Å². The van der Waals surface area contributed by atoms with E-state index in [9.17, 15) is 0 Å². The molecule has 0 unspecified atom stereocenters. The minimum absolute atomic E-state index is 0.0511.